The zero-order valence-electron chi connectivity index (χ0n) is 12.9. The van der Waals surface area contributed by atoms with Gasteiger partial charge in [-0.3, -0.25) is 9.59 Å². The third-order valence-corrected chi connectivity index (χ3v) is 4.26. The third kappa shape index (κ3) is 2.94. The van der Waals surface area contributed by atoms with E-state index in [9.17, 15) is 9.59 Å². The summed E-state index contributed by atoms with van der Waals surface area (Å²) < 4.78 is 5.66. The Balaban J connectivity index is 1.70. The summed E-state index contributed by atoms with van der Waals surface area (Å²) >= 11 is 5.98. The quantitative estimate of drug-likeness (QED) is 0.806. The number of hydrogen-bond donors (Lipinski definition) is 0. The van der Waals surface area contributed by atoms with Gasteiger partial charge in [-0.05, 0) is 49.7 Å². The van der Waals surface area contributed by atoms with Crippen LogP contribution in [0.5, 0.6) is 5.75 Å². The number of ketones is 1. The van der Waals surface area contributed by atoms with Crippen molar-refractivity contribution in [3.8, 4) is 5.75 Å². The van der Waals surface area contributed by atoms with E-state index in [1.54, 1.807) is 24.3 Å². The van der Waals surface area contributed by atoms with E-state index in [1.165, 1.54) is 4.90 Å². The van der Waals surface area contributed by atoms with E-state index in [0.717, 1.165) is 11.1 Å². The second kappa shape index (κ2) is 6.05. The van der Waals surface area contributed by atoms with Crippen LogP contribution in [0.1, 0.15) is 21.5 Å². The lowest BCUT2D eigenvalue weighted by Gasteiger charge is -2.17. The first-order chi connectivity index (χ1) is 11.0. The van der Waals surface area contributed by atoms with Gasteiger partial charge in [-0.25, -0.2) is 0 Å². The average Bonchev–Trinajstić information content (AvgIpc) is 2.75. The fraction of sp³-hybridized carbons (Fsp3) is 0.222. The van der Waals surface area contributed by atoms with Crippen LogP contribution < -0.4 is 9.64 Å². The predicted octanol–water partition coefficient (Wildman–Crippen LogP) is 3.57. The van der Waals surface area contributed by atoms with Crippen LogP contribution in [0.15, 0.2) is 36.4 Å². The number of carbonyl (C=O) groups is 2. The van der Waals surface area contributed by atoms with E-state index in [1.807, 2.05) is 26.0 Å². The fourth-order valence-electron chi connectivity index (χ4n) is 2.60. The van der Waals surface area contributed by atoms with Crippen molar-refractivity contribution >= 4 is 29.0 Å². The Morgan fingerprint density at radius 3 is 2.61 bits per heavy atom. The molecule has 3 rings (SSSR count). The Bertz CT molecular complexity index is 801. The number of carbonyl (C=O) groups excluding carboxylic acids is 2. The number of Topliss-reactive ketones (excluding diaryl/α,β-unsaturated/α-hetero) is 1. The molecule has 0 aromatic heterocycles. The summed E-state index contributed by atoms with van der Waals surface area (Å²) in [6.45, 7) is 4.42. The van der Waals surface area contributed by atoms with Gasteiger partial charge in [0, 0.05) is 5.02 Å². The molecule has 1 amide bonds. The van der Waals surface area contributed by atoms with Crippen molar-refractivity contribution in [1.29, 1.82) is 0 Å². The van der Waals surface area contributed by atoms with Crippen LogP contribution in [0.2, 0.25) is 5.02 Å². The van der Waals surface area contributed by atoms with Gasteiger partial charge in [-0.1, -0.05) is 23.2 Å². The van der Waals surface area contributed by atoms with Gasteiger partial charge in [-0.2, -0.15) is 0 Å². The van der Waals surface area contributed by atoms with Crippen molar-refractivity contribution < 1.29 is 14.3 Å². The Kier molecular flexibility index (Phi) is 4.09. The number of nitrogens with zero attached hydrogens (tertiary/aromatic N) is 1. The normalized spacial score (nSPS) is 13.4. The number of ether oxygens (including phenoxy) is 1. The number of benzene rings is 2. The van der Waals surface area contributed by atoms with Crippen LogP contribution >= 0.6 is 11.6 Å². The summed E-state index contributed by atoms with van der Waals surface area (Å²) in [5.74, 6) is -0.262. The monoisotopic (exact) mass is 329 g/mol. The van der Waals surface area contributed by atoms with Crippen molar-refractivity contribution in [2.75, 3.05) is 18.1 Å². The van der Waals surface area contributed by atoms with Crippen molar-refractivity contribution in [2.45, 2.75) is 13.8 Å². The van der Waals surface area contributed by atoms with Gasteiger partial charge < -0.3 is 9.64 Å². The summed E-state index contributed by atoms with van der Waals surface area (Å²) in [6.07, 6.45) is 0. The molecule has 0 N–H and O–H groups in total. The molecule has 0 radical (unpaired) electrons. The highest BCUT2D eigenvalue weighted by molar-refractivity contribution is 6.52. The van der Waals surface area contributed by atoms with E-state index in [2.05, 4.69) is 0 Å². The van der Waals surface area contributed by atoms with E-state index in [4.69, 9.17) is 16.3 Å². The lowest BCUT2D eigenvalue weighted by molar-refractivity contribution is -0.114. The molecule has 4 nitrogen and oxygen atoms in total. The van der Waals surface area contributed by atoms with Gasteiger partial charge in [0.2, 0.25) is 0 Å². The second-order valence-electron chi connectivity index (χ2n) is 5.57. The molecule has 23 heavy (non-hydrogen) atoms. The highest BCUT2D eigenvalue weighted by Crippen LogP contribution is 2.29. The van der Waals surface area contributed by atoms with E-state index >= 15 is 0 Å². The number of amides is 1. The first-order valence-electron chi connectivity index (χ1n) is 7.33. The van der Waals surface area contributed by atoms with Crippen molar-refractivity contribution in [1.82, 2.24) is 0 Å². The number of aryl methyl sites for hydroxylation is 2. The molecular weight excluding hydrogens is 314 g/mol. The maximum Gasteiger partial charge on any atom is 0.299 e. The first-order valence-corrected chi connectivity index (χ1v) is 7.71. The Hall–Kier alpha value is -2.33. The zero-order valence-corrected chi connectivity index (χ0v) is 13.7. The summed E-state index contributed by atoms with van der Waals surface area (Å²) in [6, 6.07) is 10.8. The molecule has 1 aliphatic heterocycles. The summed E-state index contributed by atoms with van der Waals surface area (Å²) in [5, 5.41) is 0.682. The minimum absolute atomic E-state index is 0.299. The number of anilines is 1. The highest BCUT2D eigenvalue weighted by Gasteiger charge is 2.35. The number of rotatable bonds is 4. The van der Waals surface area contributed by atoms with Crippen molar-refractivity contribution in [3.05, 3.63) is 58.1 Å². The smallest absolute Gasteiger partial charge is 0.299 e. The van der Waals surface area contributed by atoms with Crippen LogP contribution in [0.25, 0.3) is 0 Å². The molecule has 118 valence electrons. The van der Waals surface area contributed by atoms with Gasteiger partial charge >= 0.3 is 0 Å². The van der Waals surface area contributed by atoms with Crippen LogP contribution in [-0.4, -0.2) is 24.8 Å². The molecule has 0 saturated heterocycles. The molecule has 0 aliphatic carbocycles. The van der Waals surface area contributed by atoms with Gasteiger partial charge in [0.1, 0.15) is 12.4 Å². The van der Waals surface area contributed by atoms with Crippen molar-refractivity contribution in [3.63, 3.8) is 0 Å². The molecule has 2 aromatic carbocycles. The molecule has 0 saturated carbocycles. The minimum atomic E-state index is -0.499. The molecule has 0 atom stereocenters. The van der Waals surface area contributed by atoms with Crippen LogP contribution in [0.3, 0.4) is 0 Å². The van der Waals surface area contributed by atoms with Crippen LogP contribution in [0, 0.1) is 13.8 Å². The molecular formula is C18H16ClNO3. The maximum absolute atomic E-state index is 12.1. The van der Waals surface area contributed by atoms with E-state index in [-0.39, 0.29) is 0 Å². The van der Waals surface area contributed by atoms with E-state index < -0.39 is 11.7 Å². The summed E-state index contributed by atoms with van der Waals surface area (Å²) in [4.78, 5) is 25.6. The first kappa shape index (κ1) is 15.6. The van der Waals surface area contributed by atoms with Crippen LogP contribution in [0.4, 0.5) is 5.69 Å². The number of halogens is 1. The molecule has 0 spiro atoms. The number of hydrogen-bond acceptors (Lipinski definition) is 3. The molecule has 1 heterocycles. The maximum atomic E-state index is 12.1. The van der Waals surface area contributed by atoms with Crippen LogP contribution in [-0.2, 0) is 4.79 Å². The SMILES string of the molecule is Cc1ccc2c(c1)C(=O)C(=O)N2CCOc1ccc(Cl)c(C)c1. The topological polar surface area (TPSA) is 46.6 Å². The molecule has 1 aliphatic rings. The summed E-state index contributed by atoms with van der Waals surface area (Å²) in [7, 11) is 0. The molecule has 2 aromatic rings. The summed E-state index contributed by atoms with van der Waals surface area (Å²) in [5.41, 5.74) is 3.01. The highest BCUT2D eigenvalue weighted by atomic mass is 35.5. The van der Waals surface area contributed by atoms with E-state index in [0.29, 0.717) is 35.2 Å². The number of fused-ring (bicyclic) bond motifs is 1. The Labute approximate surface area is 139 Å². The Morgan fingerprint density at radius 1 is 1.09 bits per heavy atom. The van der Waals surface area contributed by atoms with Gasteiger partial charge in [0.25, 0.3) is 11.7 Å². The van der Waals surface area contributed by atoms with Crippen molar-refractivity contribution in [2.24, 2.45) is 0 Å². The average molecular weight is 330 g/mol. The fourth-order valence-corrected chi connectivity index (χ4v) is 2.72. The molecule has 5 heteroatoms. The molecule has 0 fully saturated rings. The third-order valence-electron chi connectivity index (χ3n) is 3.84. The largest absolute Gasteiger partial charge is 0.492 e. The van der Waals surface area contributed by atoms with Gasteiger partial charge in [0.05, 0.1) is 17.8 Å². The molecule has 0 bridgehead atoms. The lowest BCUT2D eigenvalue weighted by atomic mass is 10.1. The van der Waals surface area contributed by atoms with Gasteiger partial charge in [0.15, 0.2) is 0 Å². The predicted molar refractivity (Wildman–Crippen MR) is 89.5 cm³/mol. The second-order valence-corrected chi connectivity index (χ2v) is 5.97. The standard InChI is InChI=1S/C18H16ClNO3/c1-11-3-6-16-14(9-11)17(21)18(22)20(16)7-8-23-13-4-5-15(19)12(2)10-13/h3-6,9-10H,7-8H2,1-2H3. The zero-order chi connectivity index (χ0) is 16.6. The minimum Gasteiger partial charge on any atom is -0.492 e. The Morgan fingerprint density at radius 2 is 1.87 bits per heavy atom. The lowest BCUT2D eigenvalue weighted by Crippen LogP contribution is -2.33. The van der Waals surface area contributed by atoms with Gasteiger partial charge in [-0.15, -0.1) is 0 Å². The molecule has 0 unspecified atom stereocenters.